The van der Waals surface area contributed by atoms with E-state index >= 15 is 0 Å². The number of hydrogen-bond donors (Lipinski definition) is 2. The molecule has 21 heavy (non-hydrogen) atoms. The number of nitrogens with one attached hydrogen (secondary N) is 1. The normalized spacial score (nSPS) is 12.3. The third-order valence-corrected chi connectivity index (χ3v) is 5.07. The lowest BCUT2D eigenvalue weighted by molar-refractivity contribution is 0.0958. The molecule has 1 aromatic carbocycles. The van der Waals surface area contributed by atoms with E-state index in [1.807, 2.05) is 18.2 Å². The molecule has 0 spiro atoms. The van der Waals surface area contributed by atoms with Crippen molar-refractivity contribution in [2.75, 3.05) is 31.4 Å². The highest BCUT2D eigenvalue weighted by Gasteiger charge is 2.18. The van der Waals surface area contributed by atoms with Crippen LogP contribution in [0.25, 0.3) is 10.1 Å². The zero-order valence-electron chi connectivity index (χ0n) is 12.0. The Hall–Kier alpha value is -1.60. The molecule has 5 nitrogen and oxygen atoms in total. The average Bonchev–Trinajstić information content (AvgIpc) is 2.80. The van der Waals surface area contributed by atoms with Gasteiger partial charge in [-0.2, -0.15) is 0 Å². The number of fused-ring (bicyclic) bond motifs is 1. The first-order valence-electron chi connectivity index (χ1n) is 6.47. The van der Waals surface area contributed by atoms with Crippen LogP contribution in [0.15, 0.2) is 18.2 Å². The Kier molecular flexibility index (Phi) is 5.19. The summed E-state index contributed by atoms with van der Waals surface area (Å²) in [4.78, 5) is 12.7. The van der Waals surface area contributed by atoms with Crippen molar-refractivity contribution in [3.05, 3.63) is 23.1 Å². The van der Waals surface area contributed by atoms with Crippen LogP contribution in [0.5, 0.6) is 5.75 Å². The first-order valence-corrected chi connectivity index (χ1v) is 9.02. The van der Waals surface area contributed by atoms with Crippen molar-refractivity contribution in [2.45, 2.75) is 6.42 Å². The van der Waals surface area contributed by atoms with Gasteiger partial charge in [0.1, 0.15) is 10.6 Å². The molecular weight excluding hydrogens is 308 g/mol. The van der Waals surface area contributed by atoms with Gasteiger partial charge in [0.15, 0.2) is 0 Å². The molecule has 0 saturated carbocycles. The van der Waals surface area contributed by atoms with E-state index in [1.54, 1.807) is 13.4 Å². The minimum Gasteiger partial charge on any atom is -0.496 e. The number of hydrogen-bond acceptors (Lipinski definition) is 5. The van der Waals surface area contributed by atoms with Crippen molar-refractivity contribution in [3.63, 3.8) is 0 Å². The van der Waals surface area contributed by atoms with Gasteiger partial charge in [0.2, 0.25) is 0 Å². The van der Waals surface area contributed by atoms with Crippen molar-refractivity contribution in [2.24, 2.45) is 0 Å². The van der Waals surface area contributed by atoms with Crippen LogP contribution in [-0.2, 0) is 10.8 Å². The molecular formula is C14H18N2O3S2. The minimum absolute atomic E-state index is 0.197. The molecule has 0 fully saturated rings. The lowest BCUT2D eigenvalue weighted by atomic mass is 10.2. The van der Waals surface area contributed by atoms with Crippen LogP contribution in [0.2, 0.25) is 0 Å². The van der Waals surface area contributed by atoms with Gasteiger partial charge in [0.05, 0.1) is 18.2 Å². The summed E-state index contributed by atoms with van der Waals surface area (Å²) in [6.45, 7) is 0.489. The summed E-state index contributed by atoms with van der Waals surface area (Å²) >= 11 is 1.35. The van der Waals surface area contributed by atoms with Gasteiger partial charge in [0, 0.05) is 34.1 Å². The number of methoxy groups -OCH3 is 1. The molecule has 0 saturated heterocycles. The van der Waals surface area contributed by atoms with E-state index in [0.717, 1.165) is 10.1 Å². The third-order valence-electron chi connectivity index (χ3n) is 3.03. The SMILES string of the molecule is COc1cccc2sc(C(=O)NCCCS(C)=O)c(N)c12. The fraction of sp³-hybridized carbons (Fsp3) is 0.357. The highest BCUT2D eigenvalue weighted by Crippen LogP contribution is 2.39. The maximum absolute atomic E-state index is 12.2. The Morgan fingerprint density at radius 1 is 1.48 bits per heavy atom. The largest absolute Gasteiger partial charge is 0.496 e. The van der Waals surface area contributed by atoms with E-state index in [2.05, 4.69) is 5.32 Å². The van der Waals surface area contributed by atoms with Gasteiger partial charge >= 0.3 is 0 Å². The molecule has 0 bridgehead atoms. The van der Waals surface area contributed by atoms with E-state index < -0.39 is 10.8 Å². The van der Waals surface area contributed by atoms with Crippen LogP contribution >= 0.6 is 11.3 Å². The van der Waals surface area contributed by atoms with E-state index in [9.17, 15) is 9.00 Å². The quantitative estimate of drug-likeness (QED) is 0.796. The Labute approximate surface area is 129 Å². The standard InChI is InChI=1S/C14H18N2O3S2/c1-19-9-5-3-6-10-11(9)12(15)13(20-10)14(17)16-7-4-8-21(2)18/h3,5-6H,4,7-8,15H2,1-2H3,(H,16,17). The Morgan fingerprint density at radius 2 is 2.24 bits per heavy atom. The molecule has 0 radical (unpaired) electrons. The van der Waals surface area contributed by atoms with Crippen molar-refractivity contribution < 1.29 is 13.7 Å². The minimum atomic E-state index is -0.836. The highest BCUT2D eigenvalue weighted by molar-refractivity contribution is 7.84. The molecule has 1 aromatic heterocycles. The topological polar surface area (TPSA) is 81.4 Å². The second-order valence-corrected chi connectivity index (χ2v) is 7.17. The molecule has 7 heteroatoms. The number of amides is 1. The zero-order chi connectivity index (χ0) is 15.4. The van der Waals surface area contributed by atoms with Gasteiger partial charge in [0.25, 0.3) is 5.91 Å². The predicted molar refractivity (Wildman–Crippen MR) is 88.7 cm³/mol. The van der Waals surface area contributed by atoms with E-state index in [0.29, 0.717) is 35.0 Å². The molecule has 1 atom stereocenters. The Morgan fingerprint density at radius 3 is 2.90 bits per heavy atom. The van der Waals surface area contributed by atoms with Crippen LogP contribution in [0, 0.1) is 0 Å². The van der Waals surface area contributed by atoms with Crippen molar-refractivity contribution in [1.82, 2.24) is 5.32 Å². The first-order chi connectivity index (χ1) is 10.0. The lowest BCUT2D eigenvalue weighted by Crippen LogP contribution is -2.25. The second-order valence-electron chi connectivity index (χ2n) is 4.57. The van der Waals surface area contributed by atoms with Gasteiger partial charge in [-0.05, 0) is 18.6 Å². The van der Waals surface area contributed by atoms with Gasteiger partial charge in [-0.1, -0.05) is 6.07 Å². The van der Waals surface area contributed by atoms with Crippen LogP contribution < -0.4 is 15.8 Å². The monoisotopic (exact) mass is 326 g/mol. The number of ether oxygens (including phenoxy) is 1. The van der Waals surface area contributed by atoms with Gasteiger partial charge in [-0.15, -0.1) is 11.3 Å². The average molecular weight is 326 g/mol. The number of carbonyl (C=O) groups is 1. The first kappa shape index (κ1) is 15.8. The summed E-state index contributed by atoms with van der Waals surface area (Å²) < 4.78 is 17.2. The van der Waals surface area contributed by atoms with Gasteiger partial charge in [-0.25, -0.2) is 0 Å². The van der Waals surface area contributed by atoms with Crippen molar-refractivity contribution in [1.29, 1.82) is 0 Å². The molecule has 0 aliphatic heterocycles. The molecule has 2 rings (SSSR count). The van der Waals surface area contributed by atoms with Crippen LogP contribution in [0.1, 0.15) is 16.1 Å². The van der Waals surface area contributed by atoms with Crippen LogP contribution in [0.3, 0.4) is 0 Å². The lowest BCUT2D eigenvalue weighted by Gasteiger charge is -2.04. The molecule has 2 aromatic rings. The summed E-state index contributed by atoms with van der Waals surface area (Å²) in [5.74, 6) is 1.05. The van der Waals surface area contributed by atoms with E-state index in [-0.39, 0.29) is 5.91 Å². The smallest absolute Gasteiger partial charge is 0.263 e. The number of nitrogen functional groups attached to an aromatic ring is 1. The fourth-order valence-electron chi connectivity index (χ4n) is 2.04. The molecule has 1 amide bonds. The van der Waals surface area contributed by atoms with Crippen molar-refractivity contribution >= 4 is 43.8 Å². The Bertz CT molecular complexity index is 682. The molecule has 0 aliphatic rings. The maximum atomic E-state index is 12.2. The number of carbonyl (C=O) groups excluding carboxylic acids is 1. The van der Waals surface area contributed by atoms with Gasteiger partial charge in [-0.3, -0.25) is 9.00 Å². The number of benzene rings is 1. The number of anilines is 1. The third kappa shape index (κ3) is 3.54. The molecule has 114 valence electrons. The molecule has 1 heterocycles. The summed E-state index contributed by atoms with van der Waals surface area (Å²) in [6, 6.07) is 5.61. The highest BCUT2D eigenvalue weighted by atomic mass is 32.2. The van der Waals surface area contributed by atoms with Crippen molar-refractivity contribution in [3.8, 4) is 5.75 Å². The predicted octanol–water partition coefficient (Wildman–Crippen LogP) is 1.99. The van der Waals surface area contributed by atoms with Crippen LogP contribution in [-0.4, -0.2) is 35.8 Å². The van der Waals surface area contributed by atoms with Gasteiger partial charge < -0.3 is 15.8 Å². The maximum Gasteiger partial charge on any atom is 0.263 e. The summed E-state index contributed by atoms with van der Waals surface area (Å²) in [6.07, 6.45) is 2.33. The van der Waals surface area contributed by atoms with E-state index in [4.69, 9.17) is 10.5 Å². The zero-order valence-corrected chi connectivity index (χ0v) is 13.6. The summed E-state index contributed by atoms with van der Waals surface area (Å²) in [5, 5.41) is 3.59. The molecule has 0 aliphatic carbocycles. The summed E-state index contributed by atoms with van der Waals surface area (Å²) in [7, 11) is 0.744. The van der Waals surface area contributed by atoms with Crippen LogP contribution in [0.4, 0.5) is 5.69 Å². The number of rotatable bonds is 6. The number of nitrogens with two attached hydrogens (primary N) is 1. The Balaban J connectivity index is 2.16. The number of thiophene rings is 1. The summed E-state index contributed by atoms with van der Waals surface area (Å²) in [5.41, 5.74) is 6.54. The van der Waals surface area contributed by atoms with E-state index in [1.165, 1.54) is 11.3 Å². The molecule has 1 unspecified atom stereocenters. The fourth-order valence-corrected chi connectivity index (χ4v) is 3.64. The second kappa shape index (κ2) is 6.91. The molecule has 3 N–H and O–H groups in total.